The number of thioether (sulfide) groups is 1. The molecule has 0 unspecified atom stereocenters. The van der Waals surface area contributed by atoms with Crippen LogP contribution in [-0.4, -0.2) is 32.1 Å². The van der Waals surface area contributed by atoms with Gasteiger partial charge in [0.15, 0.2) is 11.0 Å². The number of benzene rings is 3. The van der Waals surface area contributed by atoms with Crippen molar-refractivity contribution in [1.29, 1.82) is 0 Å². The molecule has 0 bridgehead atoms. The predicted octanol–water partition coefficient (Wildman–Crippen LogP) is 5.98. The van der Waals surface area contributed by atoms with Crippen molar-refractivity contribution in [3.05, 3.63) is 93.9 Å². The van der Waals surface area contributed by atoms with Crippen LogP contribution in [0.25, 0.3) is 17.1 Å². The van der Waals surface area contributed by atoms with Crippen molar-refractivity contribution in [2.45, 2.75) is 12.1 Å². The molecule has 33 heavy (non-hydrogen) atoms. The van der Waals surface area contributed by atoms with Gasteiger partial charge in [0.1, 0.15) is 0 Å². The summed E-state index contributed by atoms with van der Waals surface area (Å²) in [4.78, 5) is 12.5. The van der Waals surface area contributed by atoms with E-state index in [1.54, 1.807) is 0 Å². The van der Waals surface area contributed by atoms with E-state index < -0.39 is 0 Å². The SMILES string of the molecule is C/C(=N\NC(=O)CSc1nnc(-c2ccc(Cl)cc2)n1-c1ccccc1)c1cccc(Br)c1. The summed E-state index contributed by atoms with van der Waals surface area (Å²) < 4.78 is 2.88. The molecule has 1 N–H and O–H groups in total. The molecular formula is C24H19BrClN5OS. The Morgan fingerprint density at radius 3 is 2.55 bits per heavy atom. The largest absolute Gasteiger partial charge is 0.272 e. The first-order chi connectivity index (χ1) is 16.0. The van der Waals surface area contributed by atoms with Crippen LogP contribution in [0.5, 0.6) is 0 Å². The Morgan fingerprint density at radius 1 is 1.06 bits per heavy atom. The number of hydrogen-bond acceptors (Lipinski definition) is 5. The summed E-state index contributed by atoms with van der Waals surface area (Å²) in [7, 11) is 0. The molecule has 0 fully saturated rings. The Balaban J connectivity index is 1.51. The zero-order chi connectivity index (χ0) is 23.2. The van der Waals surface area contributed by atoms with Gasteiger partial charge >= 0.3 is 0 Å². The number of para-hydroxylation sites is 1. The van der Waals surface area contributed by atoms with E-state index in [1.165, 1.54) is 11.8 Å². The molecule has 166 valence electrons. The molecule has 0 aliphatic heterocycles. The Morgan fingerprint density at radius 2 is 1.82 bits per heavy atom. The van der Waals surface area contributed by atoms with Gasteiger partial charge in [-0.05, 0) is 61.0 Å². The monoisotopic (exact) mass is 539 g/mol. The van der Waals surface area contributed by atoms with Gasteiger partial charge in [-0.2, -0.15) is 5.10 Å². The van der Waals surface area contributed by atoms with E-state index in [1.807, 2.05) is 90.4 Å². The first kappa shape index (κ1) is 23.2. The van der Waals surface area contributed by atoms with E-state index >= 15 is 0 Å². The van der Waals surface area contributed by atoms with Crippen LogP contribution in [0.1, 0.15) is 12.5 Å². The number of rotatable bonds is 7. The summed E-state index contributed by atoms with van der Waals surface area (Å²) in [5.74, 6) is 0.579. The van der Waals surface area contributed by atoms with Crippen LogP contribution in [0.4, 0.5) is 0 Å². The maximum Gasteiger partial charge on any atom is 0.250 e. The quantitative estimate of drug-likeness (QED) is 0.178. The van der Waals surface area contributed by atoms with Crippen LogP contribution >= 0.6 is 39.3 Å². The highest BCUT2D eigenvalue weighted by Gasteiger charge is 2.17. The smallest absolute Gasteiger partial charge is 0.250 e. The molecule has 0 saturated carbocycles. The number of carbonyl (C=O) groups is 1. The molecule has 0 radical (unpaired) electrons. The Bertz CT molecular complexity index is 1290. The van der Waals surface area contributed by atoms with E-state index in [0.29, 0.717) is 21.7 Å². The fraction of sp³-hybridized carbons (Fsp3) is 0.0833. The van der Waals surface area contributed by atoms with Gasteiger partial charge in [0.25, 0.3) is 5.91 Å². The van der Waals surface area contributed by atoms with Gasteiger partial charge in [-0.1, -0.05) is 69.6 Å². The van der Waals surface area contributed by atoms with Crippen molar-refractivity contribution in [3.63, 3.8) is 0 Å². The van der Waals surface area contributed by atoms with Gasteiger partial charge in [0.05, 0.1) is 11.5 Å². The topological polar surface area (TPSA) is 72.2 Å². The number of hydrazone groups is 1. The second-order valence-corrected chi connectivity index (χ2v) is 9.31. The molecule has 6 nitrogen and oxygen atoms in total. The van der Waals surface area contributed by atoms with Crippen molar-refractivity contribution in [1.82, 2.24) is 20.2 Å². The van der Waals surface area contributed by atoms with Gasteiger partial charge in [0, 0.05) is 20.7 Å². The van der Waals surface area contributed by atoms with Gasteiger partial charge in [-0.15, -0.1) is 10.2 Å². The first-order valence-corrected chi connectivity index (χ1v) is 12.2. The maximum absolute atomic E-state index is 12.5. The first-order valence-electron chi connectivity index (χ1n) is 10.00. The summed E-state index contributed by atoms with van der Waals surface area (Å²) in [5, 5.41) is 14.2. The van der Waals surface area contributed by atoms with Crippen LogP contribution in [0.15, 0.2) is 93.6 Å². The Labute approximate surface area is 209 Å². The van der Waals surface area contributed by atoms with Crippen LogP contribution < -0.4 is 5.43 Å². The van der Waals surface area contributed by atoms with E-state index in [2.05, 4.69) is 36.7 Å². The molecule has 0 aliphatic carbocycles. The Kier molecular flexibility index (Phi) is 7.59. The highest BCUT2D eigenvalue weighted by molar-refractivity contribution is 9.10. The number of amides is 1. The van der Waals surface area contributed by atoms with Gasteiger partial charge in [-0.25, -0.2) is 5.43 Å². The number of nitrogens with one attached hydrogen (secondary N) is 1. The van der Waals surface area contributed by atoms with Crippen molar-refractivity contribution >= 4 is 50.9 Å². The number of nitrogens with zero attached hydrogens (tertiary/aromatic N) is 4. The zero-order valence-electron chi connectivity index (χ0n) is 17.6. The summed E-state index contributed by atoms with van der Waals surface area (Å²) >= 11 is 10.8. The maximum atomic E-state index is 12.5. The van der Waals surface area contributed by atoms with Gasteiger partial charge in [-0.3, -0.25) is 9.36 Å². The summed E-state index contributed by atoms with van der Waals surface area (Å²) in [6.45, 7) is 1.85. The van der Waals surface area contributed by atoms with Gasteiger partial charge in [0.2, 0.25) is 0 Å². The lowest BCUT2D eigenvalue weighted by molar-refractivity contribution is -0.118. The summed E-state index contributed by atoms with van der Waals surface area (Å²) in [5.41, 5.74) is 6.03. The zero-order valence-corrected chi connectivity index (χ0v) is 20.7. The molecule has 9 heteroatoms. The van der Waals surface area contributed by atoms with Gasteiger partial charge < -0.3 is 0 Å². The number of carbonyl (C=O) groups excluding carboxylic acids is 1. The van der Waals surface area contributed by atoms with E-state index in [4.69, 9.17) is 11.6 Å². The average molecular weight is 541 g/mol. The molecule has 1 amide bonds. The lowest BCUT2D eigenvalue weighted by Crippen LogP contribution is -2.21. The molecule has 0 saturated heterocycles. The van der Waals surface area contributed by atoms with Crippen molar-refractivity contribution < 1.29 is 4.79 Å². The highest BCUT2D eigenvalue weighted by Crippen LogP contribution is 2.28. The standard InChI is InChI=1S/C24H19BrClN5OS/c1-16(18-6-5-7-19(25)14-18)27-28-22(32)15-33-24-30-29-23(17-10-12-20(26)13-11-17)31(24)21-8-3-2-4-9-21/h2-14H,15H2,1H3,(H,28,32)/b27-16+. The third-order valence-electron chi connectivity index (χ3n) is 4.67. The number of hydrogen-bond donors (Lipinski definition) is 1. The molecule has 0 spiro atoms. The minimum atomic E-state index is -0.231. The summed E-state index contributed by atoms with van der Waals surface area (Å²) in [6.07, 6.45) is 0. The van der Waals surface area contributed by atoms with E-state index in [-0.39, 0.29) is 11.7 Å². The minimum Gasteiger partial charge on any atom is -0.272 e. The molecule has 1 heterocycles. The fourth-order valence-electron chi connectivity index (χ4n) is 3.05. The summed E-state index contributed by atoms with van der Waals surface area (Å²) in [6, 6.07) is 24.9. The predicted molar refractivity (Wildman–Crippen MR) is 137 cm³/mol. The van der Waals surface area contributed by atoms with Crippen molar-refractivity contribution in [3.8, 4) is 17.1 Å². The van der Waals surface area contributed by atoms with Crippen molar-refractivity contribution in [2.75, 3.05) is 5.75 Å². The van der Waals surface area contributed by atoms with Crippen LogP contribution in [-0.2, 0) is 4.79 Å². The van der Waals surface area contributed by atoms with Crippen LogP contribution in [0.3, 0.4) is 0 Å². The average Bonchev–Trinajstić information content (AvgIpc) is 3.26. The molecule has 4 rings (SSSR count). The molecule has 0 atom stereocenters. The molecule has 4 aromatic rings. The third-order valence-corrected chi connectivity index (χ3v) is 6.35. The lowest BCUT2D eigenvalue weighted by Gasteiger charge is -2.10. The second-order valence-electron chi connectivity index (χ2n) is 7.02. The van der Waals surface area contributed by atoms with E-state index in [0.717, 1.165) is 21.3 Å². The fourth-order valence-corrected chi connectivity index (χ4v) is 4.32. The van der Waals surface area contributed by atoms with Crippen molar-refractivity contribution in [2.24, 2.45) is 5.10 Å². The van der Waals surface area contributed by atoms with Crippen LogP contribution in [0.2, 0.25) is 5.02 Å². The minimum absolute atomic E-state index is 0.140. The number of halogens is 2. The molecule has 0 aliphatic rings. The van der Waals surface area contributed by atoms with E-state index in [9.17, 15) is 4.79 Å². The Hall–Kier alpha value is -2.94. The molecule has 1 aromatic heterocycles. The second kappa shape index (κ2) is 10.8. The highest BCUT2D eigenvalue weighted by atomic mass is 79.9. The molecule has 3 aromatic carbocycles. The van der Waals surface area contributed by atoms with Crippen LogP contribution in [0, 0.1) is 0 Å². The third kappa shape index (κ3) is 5.90. The lowest BCUT2D eigenvalue weighted by atomic mass is 10.1. The number of aromatic nitrogens is 3. The normalized spacial score (nSPS) is 11.4. The molecular weight excluding hydrogens is 522 g/mol.